The van der Waals surface area contributed by atoms with Crippen molar-refractivity contribution in [3.05, 3.63) is 28.6 Å². The lowest BCUT2D eigenvalue weighted by Gasteiger charge is -2.14. The van der Waals surface area contributed by atoms with Crippen molar-refractivity contribution in [2.24, 2.45) is 5.73 Å². The van der Waals surface area contributed by atoms with Crippen molar-refractivity contribution >= 4 is 23.5 Å². The summed E-state index contributed by atoms with van der Waals surface area (Å²) in [5, 5.41) is 9.28. The summed E-state index contributed by atoms with van der Waals surface area (Å²) in [6.45, 7) is 1.78. The van der Waals surface area contributed by atoms with Crippen LogP contribution < -0.4 is 11.1 Å². The van der Waals surface area contributed by atoms with E-state index in [0.29, 0.717) is 11.3 Å². The molecular formula is C13H17ClN4O. The molecule has 2 rings (SSSR count). The molecule has 6 heteroatoms. The first-order chi connectivity index (χ1) is 8.99. The molecule has 0 aliphatic heterocycles. The van der Waals surface area contributed by atoms with E-state index in [-0.39, 0.29) is 11.3 Å². The molecule has 0 saturated carbocycles. The van der Waals surface area contributed by atoms with Crippen molar-refractivity contribution in [1.82, 2.24) is 10.3 Å². The second-order valence-corrected chi connectivity index (χ2v) is 5.27. The topological polar surface area (TPSA) is 91.9 Å². The molecule has 0 saturated heterocycles. The fourth-order valence-electron chi connectivity index (χ4n) is 2.33. The van der Waals surface area contributed by atoms with E-state index in [4.69, 9.17) is 22.7 Å². The van der Waals surface area contributed by atoms with Gasteiger partial charge in [-0.05, 0) is 37.8 Å². The van der Waals surface area contributed by atoms with Crippen LogP contribution in [0.5, 0.6) is 0 Å². The lowest BCUT2D eigenvalue weighted by Crippen LogP contribution is -2.36. The third-order valence-electron chi connectivity index (χ3n) is 3.28. The summed E-state index contributed by atoms with van der Waals surface area (Å²) in [6, 6.07) is 1.79. The van der Waals surface area contributed by atoms with E-state index in [2.05, 4.69) is 10.3 Å². The van der Waals surface area contributed by atoms with Gasteiger partial charge in [-0.25, -0.2) is 0 Å². The van der Waals surface area contributed by atoms with Crippen LogP contribution in [0, 0.1) is 12.3 Å². The van der Waals surface area contributed by atoms with Crippen LogP contribution in [0.1, 0.15) is 51.9 Å². The van der Waals surface area contributed by atoms with Gasteiger partial charge in [-0.3, -0.25) is 20.5 Å². The number of aromatic nitrogens is 1. The van der Waals surface area contributed by atoms with E-state index >= 15 is 0 Å². The summed E-state index contributed by atoms with van der Waals surface area (Å²) >= 11 is 6.35. The van der Waals surface area contributed by atoms with Crippen molar-refractivity contribution < 1.29 is 4.79 Å². The van der Waals surface area contributed by atoms with Gasteiger partial charge in [0, 0.05) is 5.69 Å². The average Bonchev–Trinajstić information content (AvgIpc) is 2.49. The number of rotatable bonds is 1. The molecule has 0 radical (unpaired) electrons. The molecule has 1 aromatic heterocycles. The summed E-state index contributed by atoms with van der Waals surface area (Å²) < 4.78 is 0. The molecule has 0 spiro atoms. The fraction of sp³-hybridized carbons (Fsp3) is 0.462. The zero-order valence-electron chi connectivity index (χ0n) is 10.8. The Balaban J connectivity index is 2.41. The number of fused-ring (bicyclic) bond motifs is 1. The first-order valence-electron chi connectivity index (χ1n) is 6.29. The Morgan fingerprint density at radius 1 is 1.58 bits per heavy atom. The van der Waals surface area contributed by atoms with Crippen LogP contribution in [0.3, 0.4) is 0 Å². The molecule has 0 fully saturated rings. The highest BCUT2D eigenvalue weighted by Crippen LogP contribution is 2.33. The molecule has 19 heavy (non-hydrogen) atoms. The number of halogens is 1. The van der Waals surface area contributed by atoms with Crippen molar-refractivity contribution in [2.45, 2.75) is 38.0 Å². The number of amides is 1. The number of alkyl halides is 1. The van der Waals surface area contributed by atoms with Crippen LogP contribution in [-0.2, 0) is 6.42 Å². The summed E-state index contributed by atoms with van der Waals surface area (Å²) in [7, 11) is 0. The Morgan fingerprint density at radius 3 is 3.00 bits per heavy atom. The predicted octanol–water partition coefficient (Wildman–Crippen LogP) is 2.02. The number of hydrogen-bond acceptors (Lipinski definition) is 3. The minimum absolute atomic E-state index is 0.102. The molecule has 5 nitrogen and oxygen atoms in total. The Labute approximate surface area is 117 Å². The van der Waals surface area contributed by atoms with Crippen molar-refractivity contribution in [2.75, 3.05) is 0 Å². The zero-order chi connectivity index (χ0) is 14.0. The summed E-state index contributed by atoms with van der Waals surface area (Å²) in [6.07, 6.45) is 3.93. The van der Waals surface area contributed by atoms with Crippen LogP contribution in [-0.4, -0.2) is 16.9 Å². The van der Waals surface area contributed by atoms with E-state index in [0.717, 1.165) is 36.9 Å². The summed E-state index contributed by atoms with van der Waals surface area (Å²) in [5.41, 5.74) is 8.16. The molecule has 0 bridgehead atoms. The lowest BCUT2D eigenvalue weighted by atomic mass is 10.0. The first-order valence-corrected chi connectivity index (χ1v) is 6.72. The van der Waals surface area contributed by atoms with Gasteiger partial charge in [0.1, 0.15) is 0 Å². The largest absolute Gasteiger partial charge is 0.370 e. The molecule has 0 aromatic carbocycles. The van der Waals surface area contributed by atoms with Gasteiger partial charge < -0.3 is 5.73 Å². The van der Waals surface area contributed by atoms with Crippen LogP contribution in [0.15, 0.2) is 6.07 Å². The van der Waals surface area contributed by atoms with Gasteiger partial charge in [-0.15, -0.1) is 11.6 Å². The van der Waals surface area contributed by atoms with Gasteiger partial charge in [0.2, 0.25) is 0 Å². The van der Waals surface area contributed by atoms with Gasteiger partial charge in [0.05, 0.1) is 16.6 Å². The highest BCUT2D eigenvalue weighted by molar-refractivity contribution is 6.21. The van der Waals surface area contributed by atoms with E-state index in [1.807, 2.05) is 0 Å². The van der Waals surface area contributed by atoms with Crippen LogP contribution in [0.4, 0.5) is 0 Å². The molecule has 1 aliphatic carbocycles. The van der Waals surface area contributed by atoms with Gasteiger partial charge in [-0.2, -0.15) is 0 Å². The molecule has 1 atom stereocenters. The molecule has 1 aliphatic rings. The van der Waals surface area contributed by atoms with Crippen LogP contribution in [0.2, 0.25) is 0 Å². The van der Waals surface area contributed by atoms with E-state index in [9.17, 15) is 4.79 Å². The highest BCUT2D eigenvalue weighted by atomic mass is 35.5. The predicted molar refractivity (Wildman–Crippen MR) is 74.5 cm³/mol. The fourth-order valence-corrected chi connectivity index (χ4v) is 2.68. The maximum Gasteiger partial charge on any atom is 0.259 e. The normalized spacial score (nSPS) is 18.3. The number of carbonyl (C=O) groups excluding carboxylic acids is 1. The minimum atomic E-state index is -0.409. The molecule has 1 aromatic rings. The van der Waals surface area contributed by atoms with E-state index in [1.54, 1.807) is 13.0 Å². The Morgan fingerprint density at radius 2 is 2.32 bits per heavy atom. The van der Waals surface area contributed by atoms with Crippen LogP contribution >= 0.6 is 11.6 Å². The van der Waals surface area contributed by atoms with Gasteiger partial charge in [0.15, 0.2) is 5.96 Å². The van der Waals surface area contributed by atoms with Crippen molar-refractivity contribution in [1.29, 1.82) is 5.41 Å². The Bertz CT molecular complexity index is 530. The number of carbonyl (C=O) groups is 1. The SMILES string of the molecule is Cc1nc2c(cc1C(=O)NC(=N)N)C(Cl)CCCC2. The third kappa shape index (κ3) is 3.04. The van der Waals surface area contributed by atoms with Crippen LogP contribution in [0.25, 0.3) is 0 Å². The number of nitrogens with one attached hydrogen (secondary N) is 2. The third-order valence-corrected chi connectivity index (χ3v) is 3.73. The first kappa shape index (κ1) is 13.8. The summed E-state index contributed by atoms with van der Waals surface area (Å²) in [4.78, 5) is 16.4. The number of aryl methyl sites for hydroxylation is 2. The van der Waals surface area contributed by atoms with Crippen molar-refractivity contribution in [3.63, 3.8) is 0 Å². The molecule has 4 N–H and O–H groups in total. The monoisotopic (exact) mass is 280 g/mol. The Hall–Kier alpha value is -1.62. The maximum atomic E-state index is 11.9. The quantitative estimate of drug-likeness (QED) is 0.318. The number of nitrogens with zero attached hydrogens (tertiary/aromatic N) is 1. The van der Waals surface area contributed by atoms with Gasteiger partial charge >= 0.3 is 0 Å². The molecule has 1 amide bonds. The lowest BCUT2D eigenvalue weighted by molar-refractivity contribution is 0.0975. The zero-order valence-corrected chi connectivity index (χ0v) is 11.5. The average molecular weight is 281 g/mol. The number of nitrogens with two attached hydrogens (primary N) is 1. The second-order valence-electron chi connectivity index (χ2n) is 4.74. The van der Waals surface area contributed by atoms with Gasteiger partial charge in [-0.1, -0.05) is 6.42 Å². The smallest absolute Gasteiger partial charge is 0.259 e. The Kier molecular flexibility index (Phi) is 4.04. The summed E-state index contributed by atoms with van der Waals surface area (Å²) in [5.74, 6) is -0.782. The molecular weight excluding hydrogens is 264 g/mol. The molecule has 102 valence electrons. The second kappa shape index (κ2) is 5.57. The molecule has 1 unspecified atom stereocenters. The maximum absolute atomic E-state index is 11.9. The number of guanidine groups is 1. The van der Waals surface area contributed by atoms with Gasteiger partial charge in [0.25, 0.3) is 5.91 Å². The standard InChI is InChI=1S/C13H17ClN4O/c1-7-8(12(19)18-13(15)16)6-9-10(14)4-2-3-5-11(9)17-7/h6,10H,2-5H2,1H3,(H4,15,16,18,19). The van der Waals surface area contributed by atoms with Crippen molar-refractivity contribution in [3.8, 4) is 0 Å². The minimum Gasteiger partial charge on any atom is -0.370 e. The van der Waals surface area contributed by atoms with E-state index in [1.165, 1.54) is 0 Å². The van der Waals surface area contributed by atoms with E-state index < -0.39 is 5.91 Å². The number of pyridine rings is 1. The highest BCUT2D eigenvalue weighted by Gasteiger charge is 2.21. The number of hydrogen-bond donors (Lipinski definition) is 3. The molecule has 1 heterocycles.